The van der Waals surface area contributed by atoms with Gasteiger partial charge in [-0.1, -0.05) is 88.4 Å². The van der Waals surface area contributed by atoms with Gasteiger partial charge in [-0.05, 0) is 98.2 Å². The Morgan fingerprint density at radius 1 is 0.471 bits per heavy atom. The van der Waals surface area contributed by atoms with Crippen molar-refractivity contribution in [1.29, 1.82) is 0 Å². The van der Waals surface area contributed by atoms with Crippen LogP contribution in [0.2, 0.25) is 0 Å². The molecule has 0 aromatic heterocycles. The number of sulfonamides is 2. The van der Waals surface area contributed by atoms with Gasteiger partial charge in [0, 0.05) is 0 Å². The summed E-state index contributed by atoms with van der Waals surface area (Å²) >= 11 is 0. The molecule has 0 bridgehead atoms. The van der Waals surface area contributed by atoms with Gasteiger partial charge in [-0.2, -0.15) is 9.44 Å². The van der Waals surface area contributed by atoms with Crippen molar-refractivity contribution in [1.82, 2.24) is 30.7 Å². The van der Waals surface area contributed by atoms with Crippen LogP contribution in [0.5, 0.6) is 11.5 Å². The van der Waals surface area contributed by atoms with E-state index in [1.54, 1.807) is 88.4 Å². The molecule has 0 fully saturated rings. The van der Waals surface area contributed by atoms with E-state index in [4.69, 9.17) is 9.47 Å². The van der Waals surface area contributed by atoms with Gasteiger partial charge in [0.1, 0.15) is 35.8 Å². The van der Waals surface area contributed by atoms with E-state index >= 15 is 0 Å². The monoisotopic (exact) mass is 980 g/mol. The van der Waals surface area contributed by atoms with Gasteiger partial charge in [0.05, 0.1) is 48.2 Å². The molecule has 4 amide bonds. The third kappa shape index (κ3) is 15.6. The zero-order valence-corrected chi connectivity index (χ0v) is 41.0. The second-order valence-corrected chi connectivity index (χ2v) is 20.5. The van der Waals surface area contributed by atoms with Crippen LogP contribution in [0.3, 0.4) is 0 Å². The van der Waals surface area contributed by atoms with Gasteiger partial charge in [0.2, 0.25) is 43.7 Å². The number of aliphatic hydroxyl groups excluding tert-OH is 2. The highest BCUT2D eigenvalue weighted by molar-refractivity contribution is 7.89. The fourth-order valence-electron chi connectivity index (χ4n) is 7.12. The molecular formula is C48H64N6O12S2. The van der Waals surface area contributed by atoms with Crippen molar-refractivity contribution in [2.75, 3.05) is 14.2 Å². The minimum atomic E-state index is -4.16. The van der Waals surface area contributed by atoms with Crippen LogP contribution in [-0.2, 0) is 52.1 Å². The Balaban J connectivity index is 1.56. The van der Waals surface area contributed by atoms with Crippen LogP contribution in [0.15, 0.2) is 119 Å². The highest BCUT2D eigenvalue weighted by Gasteiger charge is 2.38. The Hall–Kier alpha value is -5.90. The topological polar surface area (TPSA) is 268 Å². The van der Waals surface area contributed by atoms with Crippen LogP contribution in [0.4, 0.5) is 0 Å². The van der Waals surface area contributed by atoms with Crippen LogP contribution in [0, 0.1) is 11.8 Å². The van der Waals surface area contributed by atoms with Crippen molar-refractivity contribution in [2.24, 2.45) is 11.8 Å². The molecule has 68 heavy (non-hydrogen) atoms. The Morgan fingerprint density at radius 2 is 0.779 bits per heavy atom. The average Bonchev–Trinajstić information content (AvgIpc) is 3.31. The van der Waals surface area contributed by atoms with Gasteiger partial charge in [-0.3, -0.25) is 19.2 Å². The molecular weight excluding hydrogens is 917 g/mol. The summed E-state index contributed by atoms with van der Waals surface area (Å²) in [5.74, 6) is -3.32. The number of carbonyl (C=O) groups excluding carboxylic acids is 4. The van der Waals surface area contributed by atoms with Gasteiger partial charge in [-0.15, -0.1) is 0 Å². The molecule has 370 valence electrons. The number of aliphatic hydroxyl groups is 2. The number of hydrogen-bond donors (Lipinski definition) is 8. The number of nitrogens with one attached hydrogen (secondary N) is 6. The standard InChI is InChI=1S/C48H64N6O12S2/c1-29(2)41(51-45(57)31(5)53-67(61,62)37-23-19-35(65-7)20-24-37)47(59)49-39(27-33-15-11-9-12-16-33)43(55)44(56)40(28-34-17-13-10-14-18-34)50-48(60)42(30(3)4)52-46(58)32(6)54-68(63,64)38-25-21-36(66-8)22-26-38/h9-26,29-32,39-44,53-56H,27-28H2,1-8H3,(H,49,59)(H,50,60)(H,51,57)(H,52,58)/t31-,32-,39-,40-,41-,42-,43?,44?/m0/s1. The maximum atomic E-state index is 14.2. The maximum absolute atomic E-state index is 14.2. The van der Waals surface area contributed by atoms with Crippen LogP contribution in [0.1, 0.15) is 52.7 Å². The zero-order chi connectivity index (χ0) is 50.3. The van der Waals surface area contributed by atoms with Gasteiger partial charge in [0.15, 0.2) is 0 Å². The third-order valence-corrected chi connectivity index (χ3v) is 14.2. The number of carbonyl (C=O) groups is 4. The number of amides is 4. The lowest BCUT2D eigenvalue weighted by atomic mass is 9.90. The first kappa shape index (κ1) is 54.7. The highest BCUT2D eigenvalue weighted by Crippen LogP contribution is 2.20. The van der Waals surface area contributed by atoms with Crippen LogP contribution in [0.25, 0.3) is 0 Å². The molecule has 0 radical (unpaired) electrons. The Morgan fingerprint density at radius 3 is 1.06 bits per heavy atom. The second kappa shape index (κ2) is 24.9. The third-order valence-electron chi connectivity index (χ3n) is 11.1. The number of benzene rings is 4. The quantitative estimate of drug-likeness (QED) is 0.0475. The number of methoxy groups -OCH3 is 2. The van der Waals surface area contributed by atoms with Crippen molar-refractivity contribution < 1.29 is 55.7 Å². The summed E-state index contributed by atoms with van der Waals surface area (Å²) in [6.07, 6.45) is -3.54. The van der Waals surface area contributed by atoms with Crippen LogP contribution in [-0.4, -0.2) is 113 Å². The molecule has 18 nitrogen and oxygen atoms in total. The Labute approximate surface area is 399 Å². The molecule has 8 N–H and O–H groups in total. The molecule has 4 aromatic carbocycles. The van der Waals surface area contributed by atoms with Crippen molar-refractivity contribution in [2.45, 2.75) is 113 Å². The molecule has 0 spiro atoms. The molecule has 0 saturated heterocycles. The predicted molar refractivity (Wildman–Crippen MR) is 255 cm³/mol. The van der Waals surface area contributed by atoms with E-state index in [0.29, 0.717) is 22.6 Å². The summed E-state index contributed by atoms with van der Waals surface area (Å²) in [7, 11) is -5.46. The summed E-state index contributed by atoms with van der Waals surface area (Å²) in [5.41, 5.74) is 1.33. The van der Waals surface area contributed by atoms with Crippen LogP contribution >= 0.6 is 0 Å². The van der Waals surface area contributed by atoms with E-state index in [1.165, 1.54) is 76.6 Å². The van der Waals surface area contributed by atoms with E-state index in [2.05, 4.69) is 30.7 Å². The largest absolute Gasteiger partial charge is 0.497 e. The van der Waals surface area contributed by atoms with Gasteiger partial charge in [0.25, 0.3) is 0 Å². The maximum Gasteiger partial charge on any atom is 0.243 e. The van der Waals surface area contributed by atoms with Crippen molar-refractivity contribution in [3.05, 3.63) is 120 Å². The molecule has 8 atom stereocenters. The first-order chi connectivity index (χ1) is 32.1. The van der Waals surface area contributed by atoms with Crippen molar-refractivity contribution in [3.63, 3.8) is 0 Å². The summed E-state index contributed by atoms with van der Waals surface area (Å²) in [5, 5.41) is 35.0. The number of ether oxygens (including phenoxy) is 2. The molecule has 0 saturated carbocycles. The van der Waals surface area contributed by atoms with E-state index in [-0.39, 0.29) is 22.6 Å². The predicted octanol–water partition coefficient (Wildman–Crippen LogP) is 2.20. The molecule has 0 aliphatic rings. The molecule has 0 aliphatic heterocycles. The first-order valence-electron chi connectivity index (χ1n) is 22.0. The minimum Gasteiger partial charge on any atom is -0.497 e. The summed E-state index contributed by atoms with van der Waals surface area (Å²) in [6.45, 7) is 9.32. The SMILES string of the molecule is COc1ccc(S(=O)(=O)N[C@@H](C)C(=O)N[C@H](C(=O)N[C@@H](Cc2ccccc2)C(O)C(O)[C@H](Cc2ccccc2)NC(=O)[C@@H](NC(=O)[C@H](C)NS(=O)(=O)c2ccc(OC)cc2)C(C)C)C(C)C)cc1. The van der Waals surface area contributed by atoms with E-state index < -0.39 is 104 Å². The first-order valence-corrected chi connectivity index (χ1v) is 25.0. The molecule has 4 rings (SSSR count). The molecule has 0 aliphatic carbocycles. The van der Waals surface area contributed by atoms with Crippen molar-refractivity contribution in [3.8, 4) is 11.5 Å². The summed E-state index contributed by atoms with van der Waals surface area (Å²) in [6, 6.07) is 21.2. The smallest absolute Gasteiger partial charge is 0.243 e. The number of hydrogen-bond acceptors (Lipinski definition) is 12. The molecule has 4 aromatic rings. The Kier molecular flexibility index (Phi) is 20.0. The lowest BCUT2D eigenvalue weighted by molar-refractivity contribution is -0.133. The normalized spacial score (nSPS) is 15.4. The fourth-order valence-corrected chi connectivity index (χ4v) is 9.52. The molecule has 0 heterocycles. The Bertz CT molecular complexity index is 2320. The second-order valence-electron chi connectivity index (χ2n) is 17.1. The molecule has 2 unspecified atom stereocenters. The highest BCUT2D eigenvalue weighted by atomic mass is 32.2. The van der Waals surface area contributed by atoms with E-state index in [1.807, 2.05) is 0 Å². The van der Waals surface area contributed by atoms with Crippen molar-refractivity contribution >= 4 is 43.7 Å². The van der Waals surface area contributed by atoms with E-state index in [9.17, 15) is 46.2 Å². The fraction of sp³-hybridized carbons (Fsp3) is 0.417. The molecule has 20 heteroatoms. The van der Waals surface area contributed by atoms with Crippen LogP contribution < -0.4 is 40.2 Å². The average molecular weight is 981 g/mol. The summed E-state index contributed by atoms with van der Waals surface area (Å²) in [4.78, 5) is 55.1. The minimum absolute atomic E-state index is 0.0113. The summed E-state index contributed by atoms with van der Waals surface area (Å²) < 4.78 is 67.3. The lowest BCUT2D eigenvalue weighted by Gasteiger charge is -2.35. The zero-order valence-electron chi connectivity index (χ0n) is 39.4. The van der Waals surface area contributed by atoms with Gasteiger partial charge >= 0.3 is 0 Å². The number of rotatable bonds is 25. The lowest BCUT2D eigenvalue weighted by Crippen LogP contribution is -2.62. The van der Waals surface area contributed by atoms with E-state index in [0.717, 1.165) is 0 Å². The van der Waals surface area contributed by atoms with Gasteiger partial charge < -0.3 is 41.0 Å². The van der Waals surface area contributed by atoms with Gasteiger partial charge in [-0.25, -0.2) is 16.8 Å².